The Kier molecular flexibility index (Phi) is 7.12. The number of likely N-dealkylation sites (tertiary alicyclic amines) is 2. The highest BCUT2D eigenvalue weighted by molar-refractivity contribution is 5.95. The summed E-state index contributed by atoms with van der Waals surface area (Å²) < 4.78 is 0. The number of amides is 1. The minimum absolute atomic E-state index is 0.193. The maximum atomic E-state index is 12.9. The Labute approximate surface area is 165 Å². The molecule has 1 amide bonds. The lowest BCUT2D eigenvalue weighted by atomic mass is 9.99. The van der Waals surface area contributed by atoms with Gasteiger partial charge in [0.25, 0.3) is 0 Å². The molecule has 1 atom stereocenters. The summed E-state index contributed by atoms with van der Waals surface area (Å²) in [5.74, 6) is 0.860. The molecule has 2 aliphatic rings. The van der Waals surface area contributed by atoms with Crippen LogP contribution in [0, 0.1) is 5.92 Å². The molecule has 0 saturated carbocycles. The Morgan fingerprint density at radius 3 is 2.44 bits per heavy atom. The number of piperidine rings is 1. The highest BCUT2D eigenvalue weighted by Gasteiger charge is 2.29. The van der Waals surface area contributed by atoms with E-state index in [4.69, 9.17) is 0 Å². The Morgan fingerprint density at radius 1 is 1.07 bits per heavy atom. The zero-order chi connectivity index (χ0) is 19.2. The third-order valence-corrected chi connectivity index (χ3v) is 5.97. The van der Waals surface area contributed by atoms with E-state index in [9.17, 15) is 4.79 Å². The van der Waals surface area contributed by atoms with Crippen LogP contribution in [0.3, 0.4) is 0 Å². The van der Waals surface area contributed by atoms with Gasteiger partial charge in [-0.1, -0.05) is 44.5 Å². The number of carbonyl (C=O) groups is 1. The monoisotopic (exact) mass is 368 g/mol. The molecule has 3 nitrogen and oxygen atoms in total. The van der Waals surface area contributed by atoms with Crippen LogP contribution in [0.15, 0.2) is 30.3 Å². The van der Waals surface area contributed by atoms with Crippen molar-refractivity contribution < 1.29 is 4.79 Å². The second kappa shape index (κ2) is 9.54. The van der Waals surface area contributed by atoms with Gasteiger partial charge in [-0.3, -0.25) is 4.79 Å². The molecular formula is C24H36N2O. The van der Waals surface area contributed by atoms with Crippen molar-refractivity contribution in [2.45, 2.75) is 65.3 Å². The van der Waals surface area contributed by atoms with Gasteiger partial charge in [0.05, 0.1) is 0 Å². The van der Waals surface area contributed by atoms with Gasteiger partial charge in [-0.2, -0.15) is 0 Å². The quantitative estimate of drug-likeness (QED) is 0.676. The van der Waals surface area contributed by atoms with Gasteiger partial charge in [0.15, 0.2) is 0 Å². The summed E-state index contributed by atoms with van der Waals surface area (Å²) in [6.45, 7) is 10.9. The largest absolute Gasteiger partial charge is 0.335 e. The molecule has 0 radical (unpaired) electrons. The predicted octanol–water partition coefficient (Wildman–Crippen LogP) is 4.77. The van der Waals surface area contributed by atoms with E-state index >= 15 is 0 Å². The normalized spacial score (nSPS) is 21.9. The molecule has 0 spiro atoms. The topological polar surface area (TPSA) is 23.6 Å². The first-order valence-electron chi connectivity index (χ1n) is 10.8. The maximum Gasteiger partial charge on any atom is 0.247 e. The van der Waals surface area contributed by atoms with Crippen LogP contribution >= 0.6 is 0 Å². The van der Waals surface area contributed by atoms with Gasteiger partial charge < -0.3 is 9.80 Å². The van der Waals surface area contributed by atoms with Gasteiger partial charge in [-0.15, -0.1) is 0 Å². The number of benzene rings is 1. The van der Waals surface area contributed by atoms with E-state index in [2.05, 4.69) is 54.8 Å². The van der Waals surface area contributed by atoms with Crippen LogP contribution in [0.25, 0.3) is 5.57 Å². The van der Waals surface area contributed by atoms with E-state index in [-0.39, 0.29) is 5.91 Å². The Hall–Kier alpha value is -1.61. The summed E-state index contributed by atoms with van der Waals surface area (Å²) in [4.78, 5) is 17.6. The Morgan fingerprint density at radius 2 is 1.78 bits per heavy atom. The second-order valence-corrected chi connectivity index (χ2v) is 8.81. The third kappa shape index (κ3) is 5.68. The summed E-state index contributed by atoms with van der Waals surface area (Å²) >= 11 is 0. The first-order valence-corrected chi connectivity index (χ1v) is 10.8. The second-order valence-electron chi connectivity index (χ2n) is 8.81. The van der Waals surface area contributed by atoms with Crippen LogP contribution in [-0.2, 0) is 11.2 Å². The molecule has 27 heavy (non-hydrogen) atoms. The van der Waals surface area contributed by atoms with Crippen molar-refractivity contribution in [1.82, 2.24) is 9.80 Å². The SMILES string of the molecule is C/C(=C\C(=O)N1CCC[C@H]1CN1CCCCC1)c1ccc(CC(C)C)cc1. The van der Waals surface area contributed by atoms with Crippen molar-refractivity contribution in [3.63, 3.8) is 0 Å². The van der Waals surface area contributed by atoms with Crippen LogP contribution < -0.4 is 0 Å². The van der Waals surface area contributed by atoms with Crippen LogP contribution in [0.1, 0.15) is 64.0 Å². The summed E-state index contributed by atoms with van der Waals surface area (Å²) in [6, 6.07) is 9.11. The van der Waals surface area contributed by atoms with Gasteiger partial charge in [-0.25, -0.2) is 0 Å². The molecule has 2 fully saturated rings. The van der Waals surface area contributed by atoms with E-state index in [1.165, 1.54) is 37.9 Å². The number of allylic oxidation sites excluding steroid dienone is 1. The lowest BCUT2D eigenvalue weighted by Crippen LogP contribution is -2.44. The smallest absolute Gasteiger partial charge is 0.247 e. The van der Waals surface area contributed by atoms with Crippen molar-refractivity contribution in [2.24, 2.45) is 5.92 Å². The summed E-state index contributed by atoms with van der Waals surface area (Å²) in [5, 5.41) is 0. The highest BCUT2D eigenvalue weighted by atomic mass is 16.2. The number of hydrogen-bond acceptors (Lipinski definition) is 2. The average Bonchev–Trinajstić information content (AvgIpc) is 3.11. The average molecular weight is 369 g/mol. The molecule has 0 N–H and O–H groups in total. The van der Waals surface area contributed by atoms with E-state index in [0.29, 0.717) is 12.0 Å². The van der Waals surface area contributed by atoms with Crippen molar-refractivity contribution in [3.05, 3.63) is 41.5 Å². The molecule has 0 bridgehead atoms. The number of hydrogen-bond donors (Lipinski definition) is 0. The maximum absolute atomic E-state index is 12.9. The van der Waals surface area contributed by atoms with E-state index in [1.54, 1.807) is 0 Å². The van der Waals surface area contributed by atoms with Crippen LogP contribution in [-0.4, -0.2) is 47.9 Å². The summed E-state index contributed by atoms with van der Waals surface area (Å²) in [7, 11) is 0. The fourth-order valence-corrected chi connectivity index (χ4v) is 4.48. The summed E-state index contributed by atoms with van der Waals surface area (Å²) in [6.07, 6.45) is 9.24. The summed E-state index contributed by atoms with van der Waals surface area (Å²) in [5.41, 5.74) is 3.59. The van der Waals surface area contributed by atoms with Crippen LogP contribution in [0.5, 0.6) is 0 Å². The van der Waals surface area contributed by atoms with Gasteiger partial charge in [0.2, 0.25) is 5.91 Å². The fraction of sp³-hybridized carbons (Fsp3) is 0.625. The molecule has 0 aliphatic carbocycles. The lowest BCUT2D eigenvalue weighted by molar-refractivity contribution is -0.127. The van der Waals surface area contributed by atoms with E-state index in [0.717, 1.165) is 43.5 Å². The number of rotatable bonds is 6. The fourth-order valence-electron chi connectivity index (χ4n) is 4.48. The molecule has 2 aliphatic heterocycles. The van der Waals surface area contributed by atoms with Crippen LogP contribution in [0.4, 0.5) is 0 Å². The van der Waals surface area contributed by atoms with Gasteiger partial charge in [-0.05, 0) is 74.7 Å². The standard InChI is InChI=1S/C24H36N2O/c1-19(2)16-21-9-11-22(12-10-21)20(3)17-24(27)26-15-7-8-23(26)18-25-13-5-4-6-14-25/h9-12,17,19,23H,4-8,13-16,18H2,1-3H3/b20-17+/t23-/m0/s1. The van der Waals surface area contributed by atoms with Crippen molar-refractivity contribution in [1.29, 1.82) is 0 Å². The molecule has 2 saturated heterocycles. The molecule has 148 valence electrons. The Balaban J connectivity index is 1.61. The minimum atomic E-state index is 0.193. The van der Waals surface area contributed by atoms with Crippen molar-refractivity contribution >= 4 is 11.5 Å². The Bertz CT molecular complexity index is 641. The molecule has 2 heterocycles. The van der Waals surface area contributed by atoms with E-state index < -0.39 is 0 Å². The highest BCUT2D eigenvalue weighted by Crippen LogP contribution is 2.22. The molecule has 1 aromatic rings. The van der Waals surface area contributed by atoms with Crippen molar-refractivity contribution in [2.75, 3.05) is 26.2 Å². The predicted molar refractivity (Wildman–Crippen MR) is 114 cm³/mol. The van der Waals surface area contributed by atoms with Crippen LogP contribution in [0.2, 0.25) is 0 Å². The number of carbonyl (C=O) groups excluding carboxylic acids is 1. The van der Waals surface area contributed by atoms with Gasteiger partial charge in [0, 0.05) is 25.2 Å². The minimum Gasteiger partial charge on any atom is -0.335 e. The molecule has 0 unspecified atom stereocenters. The molecular weight excluding hydrogens is 332 g/mol. The first kappa shape index (κ1) is 20.1. The van der Waals surface area contributed by atoms with E-state index in [1.807, 2.05) is 6.08 Å². The molecule has 1 aromatic carbocycles. The van der Waals surface area contributed by atoms with Crippen molar-refractivity contribution in [3.8, 4) is 0 Å². The molecule has 0 aromatic heterocycles. The lowest BCUT2D eigenvalue weighted by Gasteiger charge is -2.32. The zero-order valence-electron chi connectivity index (χ0n) is 17.4. The third-order valence-electron chi connectivity index (χ3n) is 5.97. The number of nitrogens with zero attached hydrogens (tertiary/aromatic N) is 2. The van der Waals surface area contributed by atoms with Gasteiger partial charge in [0.1, 0.15) is 0 Å². The first-order chi connectivity index (χ1) is 13.0. The molecule has 3 heteroatoms. The zero-order valence-corrected chi connectivity index (χ0v) is 17.4. The molecule has 3 rings (SSSR count). The van der Waals surface area contributed by atoms with Gasteiger partial charge >= 0.3 is 0 Å².